The largest absolute Gasteiger partial charge is 0.478 e. The maximum absolute atomic E-state index is 13.9. The van der Waals surface area contributed by atoms with Crippen LogP contribution in [-0.2, 0) is 10.0 Å². The van der Waals surface area contributed by atoms with Gasteiger partial charge in [-0.1, -0.05) is 28.1 Å². The van der Waals surface area contributed by atoms with Gasteiger partial charge >= 0.3 is 5.97 Å². The molecule has 0 aromatic heterocycles. The summed E-state index contributed by atoms with van der Waals surface area (Å²) in [7, 11) is -4.10. The Labute approximate surface area is 124 Å². The quantitative estimate of drug-likeness (QED) is 0.599. The van der Waals surface area contributed by atoms with Crippen LogP contribution in [0.1, 0.15) is 23.7 Å². The summed E-state index contributed by atoms with van der Waals surface area (Å²) in [5.41, 5.74) is -0.701. The molecular formula is C12H13BrFNO4S. The van der Waals surface area contributed by atoms with Gasteiger partial charge in [-0.05, 0) is 25.5 Å². The molecule has 2 N–H and O–H groups in total. The molecule has 0 saturated heterocycles. The minimum Gasteiger partial charge on any atom is -0.478 e. The van der Waals surface area contributed by atoms with Gasteiger partial charge in [0, 0.05) is 11.0 Å². The van der Waals surface area contributed by atoms with Crippen LogP contribution >= 0.6 is 15.9 Å². The number of hydrogen-bond acceptors (Lipinski definition) is 3. The molecule has 110 valence electrons. The molecule has 0 aliphatic heterocycles. The van der Waals surface area contributed by atoms with Gasteiger partial charge in [0.2, 0.25) is 10.0 Å². The van der Waals surface area contributed by atoms with Crippen LogP contribution < -0.4 is 4.72 Å². The average Bonchev–Trinajstić information content (AvgIpc) is 2.36. The molecule has 5 nitrogen and oxygen atoms in total. The first kappa shape index (κ1) is 16.8. The van der Waals surface area contributed by atoms with E-state index in [-0.39, 0.29) is 11.0 Å². The lowest BCUT2D eigenvalue weighted by atomic mass is 10.2. The van der Waals surface area contributed by atoms with Crippen LogP contribution in [0.15, 0.2) is 33.7 Å². The van der Waals surface area contributed by atoms with Crippen molar-refractivity contribution in [1.29, 1.82) is 0 Å². The van der Waals surface area contributed by atoms with Crippen molar-refractivity contribution in [2.24, 2.45) is 0 Å². The fraction of sp³-hybridized carbons (Fsp3) is 0.250. The van der Waals surface area contributed by atoms with Gasteiger partial charge in [-0.2, -0.15) is 0 Å². The monoisotopic (exact) mass is 365 g/mol. The fourth-order valence-corrected chi connectivity index (χ4v) is 3.22. The SMILES string of the molecule is C/C=C/CCNS(=O)(=O)c1cc(Br)cc(C(=O)O)c1F. The number of carbonyl (C=O) groups is 1. The first-order valence-corrected chi connectivity index (χ1v) is 7.90. The number of hydrogen-bond donors (Lipinski definition) is 2. The predicted octanol–water partition coefficient (Wildman–Crippen LogP) is 2.53. The Kier molecular flexibility index (Phi) is 5.85. The highest BCUT2D eigenvalue weighted by Crippen LogP contribution is 2.24. The molecule has 0 heterocycles. The van der Waals surface area contributed by atoms with E-state index in [1.165, 1.54) is 0 Å². The zero-order valence-electron chi connectivity index (χ0n) is 10.6. The van der Waals surface area contributed by atoms with Gasteiger partial charge in [-0.15, -0.1) is 0 Å². The normalized spacial score (nSPS) is 11.9. The van der Waals surface area contributed by atoms with Crippen LogP contribution in [0.2, 0.25) is 0 Å². The second-order valence-electron chi connectivity index (χ2n) is 3.83. The van der Waals surface area contributed by atoms with E-state index in [9.17, 15) is 17.6 Å². The van der Waals surface area contributed by atoms with E-state index in [4.69, 9.17) is 5.11 Å². The zero-order valence-corrected chi connectivity index (χ0v) is 13.0. The summed E-state index contributed by atoms with van der Waals surface area (Å²) in [5, 5.41) is 8.84. The van der Waals surface area contributed by atoms with E-state index in [1.807, 2.05) is 0 Å². The Balaban J connectivity index is 3.15. The van der Waals surface area contributed by atoms with E-state index < -0.39 is 32.3 Å². The standard InChI is InChI=1S/C12H13BrFNO4S/c1-2-3-4-5-15-20(18,19)10-7-8(13)6-9(11(10)14)12(16)17/h2-3,6-7,15H,4-5H2,1H3,(H,16,17)/b3-2+. The molecule has 1 rings (SSSR count). The average molecular weight is 366 g/mol. The van der Waals surface area contributed by atoms with Crippen LogP contribution in [0, 0.1) is 5.82 Å². The van der Waals surface area contributed by atoms with Crippen molar-refractivity contribution in [3.8, 4) is 0 Å². The van der Waals surface area contributed by atoms with Gasteiger partial charge in [0.05, 0.1) is 5.56 Å². The molecule has 1 aromatic rings. The highest BCUT2D eigenvalue weighted by molar-refractivity contribution is 9.10. The fourth-order valence-electron chi connectivity index (χ4n) is 1.44. The third-order valence-corrected chi connectivity index (χ3v) is 4.28. The van der Waals surface area contributed by atoms with Gasteiger partial charge in [-0.25, -0.2) is 22.3 Å². The van der Waals surface area contributed by atoms with Crippen LogP contribution in [0.3, 0.4) is 0 Å². The zero-order chi connectivity index (χ0) is 15.3. The molecule has 1 aromatic carbocycles. The van der Waals surface area contributed by atoms with E-state index in [2.05, 4.69) is 20.7 Å². The van der Waals surface area contributed by atoms with E-state index >= 15 is 0 Å². The van der Waals surface area contributed by atoms with Crippen molar-refractivity contribution in [3.63, 3.8) is 0 Å². The van der Waals surface area contributed by atoms with Crippen LogP contribution in [0.5, 0.6) is 0 Å². The third-order valence-electron chi connectivity index (χ3n) is 2.36. The summed E-state index contributed by atoms with van der Waals surface area (Å²) in [4.78, 5) is 10.2. The first-order valence-electron chi connectivity index (χ1n) is 5.62. The smallest absolute Gasteiger partial charge is 0.338 e. The van der Waals surface area contributed by atoms with E-state index in [1.54, 1.807) is 19.1 Å². The van der Waals surface area contributed by atoms with Crippen molar-refractivity contribution >= 4 is 31.9 Å². The molecule has 0 spiro atoms. The lowest BCUT2D eigenvalue weighted by molar-refractivity contribution is 0.0691. The molecule has 20 heavy (non-hydrogen) atoms. The second-order valence-corrected chi connectivity index (χ2v) is 6.48. The number of allylic oxidation sites excluding steroid dienone is 1. The Morgan fingerprint density at radius 3 is 2.70 bits per heavy atom. The molecule has 0 aliphatic carbocycles. The molecule has 0 atom stereocenters. The van der Waals surface area contributed by atoms with Gasteiger partial charge in [0.1, 0.15) is 4.90 Å². The Hall–Kier alpha value is -1.25. The number of nitrogens with one attached hydrogen (secondary N) is 1. The molecule has 8 heteroatoms. The van der Waals surface area contributed by atoms with Gasteiger partial charge in [-0.3, -0.25) is 0 Å². The lowest BCUT2D eigenvalue weighted by Gasteiger charge is -2.09. The van der Waals surface area contributed by atoms with Crippen molar-refractivity contribution < 1.29 is 22.7 Å². The maximum atomic E-state index is 13.9. The third kappa shape index (κ3) is 4.12. The van der Waals surface area contributed by atoms with E-state index in [0.717, 1.165) is 12.1 Å². The molecule has 0 bridgehead atoms. The maximum Gasteiger partial charge on any atom is 0.338 e. The van der Waals surface area contributed by atoms with Gasteiger partial charge < -0.3 is 5.11 Å². The number of rotatable bonds is 6. The Morgan fingerprint density at radius 1 is 1.50 bits per heavy atom. The van der Waals surface area contributed by atoms with Gasteiger partial charge in [0.15, 0.2) is 5.82 Å². The highest BCUT2D eigenvalue weighted by Gasteiger charge is 2.24. The number of sulfonamides is 1. The first-order chi connectivity index (χ1) is 9.29. The van der Waals surface area contributed by atoms with Crippen molar-refractivity contribution in [1.82, 2.24) is 4.72 Å². The van der Waals surface area contributed by atoms with E-state index in [0.29, 0.717) is 6.42 Å². The minimum atomic E-state index is -4.10. The summed E-state index contributed by atoms with van der Waals surface area (Å²) in [6.07, 6.45) is 3.97. The number of aromatic carboxylic acids is 1. The summed E-state index contributed by atoms with van der Waals surface area (Å²) >= 11 is 2.97. The van der Waals surface area contributed by atoms with Gasteiger partial charge in [0.25, 0.3) is 0 Å². The molecule has 0 fully saturated rings. The lowest BCUT2D eigenvalue weighted by Crippen LogP contribution is -2.26. The summed E-state index contributed by atoms with van der Waals surface area (Å²) < 4.78 is 40.2. The number of halogens is 2. The molecule has 0 radical (unpaired) electrons. The van der Waals surface area contributed by atoms with Crippen LogP contribution in [0.4, 0.5) is 4.39 Å². The molecule has 0 unspecified atom stereocenters. The Morgan fingerprint density at radius 2 is 2.15 bits per heavy atom. The second kappa shape index (κ2) is 6.96. The summed E-state index contributed by atoms with van der Waals surface area (Å²) in [6, 6.07) is 2.04. The highest BCUT2D eigenvalue weighted by atomic mass is 79.9. The van der Waals surface area contributed by atoms with Crippen molar-refractivity contribution in [2.75, 3.05) is 6.54 Å². The summed E-state index contributed by atoms with van der Waals surface area (Å²) in [5.74, 6) is -2.81. The minimum absolute atomic E-state index is 0.0982. The topological polar surface area (TPSA) is 83.5 Å². The van der Waals surface area contributed by atoms with Crippen LogP contribution in [0.25, 0.3) is 0 Å². The van der Waals surface area contributed by atoms with Crippen LogP contribution in [-0.4, -0.2) is 26.0 Å². The number of carboxylic acid groups (broad SMARTS) is 1. The Bertz CT molecular complexity index is 643. The van der Waals surface area contributed by atoms with Crippen molar-refractivity contribution in [2.45, 2.75) is 18.2 Å². The number of benzene rings is 1. The molecular weight excluding hydrogens is 353 g/mol. The molecule has 0 amide bonds. The summed E-state index contributed by atoms with van der Waals surface area (Å²) in [6.45, 7) is 1.89. The predicted molar refractivity (Wildman–Crippen MR) is 75.7 cm³/mol. The number of carboxylic acids is 1. The van der Waals surface area contributed by atoms with Crippen molar-refractivity contribution in [3.05, 3.63) is 40.1 Å². The molecule has 0 aliphatic rings. The molecule has 0 saturated carbocycles.